The maximum atomic E-state index is 11.0. The predicted octanol–water partition coefficient (Wildman–Crippen LogP) is 1.22. The van der Waals surface area contributed by atoms with Crippen LogP contribution in [0.3, 0.4) is 0 Å². The first-order chi connectivity index (χ1) is 4.84. The minimum atomic E-state index is 0.0752. The Kier molecular flexibility index (Phi) is 3.16. The molecule has 0 aromatic carbocycles. The van der Waals surface area contributed by atoms with E-state index in [9.17, 15) is 4.79 Å². The van der Waals surface area contributed by atoms with Crippen LogP contribution in [0.4, 0.5) is 0 Å². The topological polar surface area (TPSA) is 26.3 Å². The minimum absolute atomic E-state index is 0.0752. The monoisotopic (exact) mass is 162 g/mol. The van der Waals surface area contributed by atoms with Crippen molar-refractivity contribution in [1.82, 2.24) is 0 Å². The van der Waals surface area contributed by atoms with Crippen LogP contribution in [0.5, 0.6) is 0 Å². The summed E-state index contributed by atoms with van der Waals surface area (Å²) in [6, 6.07) is 0. The summed E-state index contributed by atoms with van der Waals surface area (Å²) in [4.78, 5) is 11.0. The fourth-order valence-electron chi connectivity index (χ4n) is 1.10. The predicted molar refractivity (Wildman–Crippen MR) is 39.3 cm³/mol. The van der Waals surface area contributed by atoms with E-state index in [0.717, 1.165) is 19.4 Å². The van der Waals surface area contributed by atoms with Crippen molar-refractivity contribution in [3.8, 4) is 0 Å². The van der Waals surface area contributed by atoms with Gasteiger partial charge >= 0.3 is 0 Å². The molecule has 1 saturated heterocycles. The highest BCUT2D eigenvalue weighted by Gasteiger charge is 2.20. The van der Waals surface area contributed by atoms with E-state index >= 15 is 0 Å². The molecule has 0 aromatic rings. The van der Waals surface area contributed by atoms with Gasteiger partial charge in [-0.3, -0.25) is 4.79 Å². The molecule has 0 N–H and O–H groups in total. The summed E-state index contributed by atoms with van der Waals surface area (Å²) in [5.41, 5.74) is 0. The molecule has 10 heavy (non-hydrogen) atoms. The van der Waals surface area contributed by atoms with Gasteiger partial charge in [0.1, 0.15) is 0 Å². The Morgan fingerprint density at radius 3 is 3.00 bits per heavy atom. The molecule has 0 radical (unpaired) electrons. The maximum absolute atomic E-state index is 11.0. The molecule has 58 valence electrons. The van der Waals surface area contributed by atoms with Gasteiger partial charge in [-0.25, -0.2) is 0 Å². The Bertz CT molecular complexity index is 119. The van der Waals surface area contributed by atoms with Gasteiger partial charge in [0.2, 0.25) is 0 Å². The second-order valence-electron chi connectivity index (χ2n) is 2.51. The third-order valence-corrected chi connectivity index (χ3v) is 2.01. The molecule has 1 fully saturated rings. The second kappa shape index (κ2) is 3.94. The van der Waals surface area contributed by atoms with Gasteiger partial charge in [-0.05, 0) is 12.8 Å². The van der Waals surface area contributed by atoms with Crippen LogP contribution < -0.4 is 0 Å². The number of hydrogen-bond donors (Lipinski definition) is 0. The zero-order valence-electron chi connectivity index (χ0n) is 5.81. The van der Waals surface area contributed by atoms with Crippen molar-refractivity contribution in [3.05, 3.63) is 0 Å². The molecule has 0 aromatic heterocycles. The first kappa shape index (κ1) is 8.02. The van der Waals surface area contributed by atoms with Crippen LogP contribution in [-0.2, 0) is 9.53 Å². The van der Waals surface area contributed by atoms with Gasteiger partial charge in [0.15, 0.2) is 5.78 Å². The molecule has 0 saturated carbocycles. The molecule has 0 amide bonds. The number of alkyl halides is 1. The summed E-state index contributed by atoms with van der Waals surface area (Å²) in [6.07, 6.45) is 1.94. The van der Waals surface area contributed by atoms with E-state index in [0.29, 0.717) is 6.61 Å². The summed E-state index contributed by atoms with van der Waals surface area (Å²) in [7, 11) is 0. The smallest absolute Gasteiger partial charge is 0.152 e. The van der Waals surface area contributed by atoms with Gasteiger partial charge in [0.05, 0.1) is 12.5 Å². The Morgan fingerprint density at radius 2 is 2.50 bits per heavy atom. The molecule has 1 heterocycles. The number of rotatable bonds is 2. The number of halogens is 1. The van der Waals surface area contributed by atoms with Crippen molar-refractivity contribution >= 4 is 17.4 Å². The molecule has 0 bridgehead atoms. The molecule has 0 spiro atoms. The van der Waals surface area contributed by atoms with E-state index < -0.39 is 0 Å². The van der Waals surface area contributed by atoms with Crippen molar-refractivity contribution < 1.29 is 9.53 Å². The Balaban J connectivity index is 2.31. The van der Waals surface area contributed by atoms with E-state index in [2.05, 4.69) is 0 Å². The highest BCUT2D eigenvalue weighted by Crippen LogP contribution is 2.14. The van der Waals surface area contributed by atoms with Crippen LogP contribution in [0, 0.1) is 5.92 Å². The first-order valence-corrected chi connectivity index (χ1v) is 4.04. The number of ether oxygens (including phenoxy) is 1. The second-order valence-corrected chi connectivity index (χ2v) is 2.78. The lowest BCUT2D eigenvalue weighted by molar-refractivity contribution is -0.124. The van der Waals surface area contributed by atoms with Crippen molar-refractivity contribution in [1.29, 1.82) is 0 Å². The van der Waals surface area contributed by atoms with E-state index in [1.165, 1.54) is 0 Å². The fraction of sp³-hybridized carbons (Fsp3) is 0.857. The maximum Gasteiger partial charge on any atom is 0.152 e. The zero-order chi connectivity index (χ0) is 7.40. The van der Waals surface area contributed by atoms with Gasteiger partial charge in [-0.15, -0.1) is 11.6 Å². The lowest BCUT2D eigenvalue weighted by Gasteiger charge is -2.19. The van der Waals surface area contributed by atoms with Gasteiger partial charge in [0, 0.05) is 12.5 Å². The highest BCUT2D eigenvalue weighted by molar-refractivity contribution is 6.27. The molecule has 0 aliphatic carbocycles. The van der Waals surface area contributed by atoms with Crippen molar-refractivity contribution in [2.45, 2.75) is 12.8 Å². The van der Waals surface area contributed by atoms with Crippen LogP contribution >= 0.6 is 11.6 Å². The number of ketones is 1. The molecular weight excluding hydrogens is 152 g/mol. The summed E-state index contributed by atoms with van der Waals surface area (Å²) < 4.78 is 5.13. The normalized spacial score (nSPS) is 26.3. The molecule has 1 aliphatic rings. The number of carbonyl (C=O) groups excluding carboxylic acids is 1. The zero-order valence-corrected chi connectivity index (χ0v) is 6.56. The molecule has 3 heteroatoms. The molecule has 1 unspecified atom stereocenters. The Labute approximate surface area is 65.5 Å². The lowest BCUT2D eigenvalue weighted by Crippen LogP contribution is -2.25. The number of hydrogen-bond acceptors (Lipinski definition) is 2. The molecule has 1 rings (SSSR count). The summed E-state index contributed by atoms with van der Waals surface area (Å²) in [5, 5.41) is 0. The average Bonchev–Trinajstić information content (AvgIpc) is 2.05. The van der Waals surface area contributed by atoms with Crippen LogP contribution in [0.1, 0.15) is 12.8 Å². The van der Waals surface area contributed by atoms with Crippen LogP contribution in [0.15, 0.2) is 0 Å². The largest absolute Gasteiger partial charge is 0.381 e. The van der Waals surface area contributed by atoms with Gasteiger partial charge < -0.3 is 4.74 Å². The lowest BCUT2D eigenvalue weighted by atomic mass is 9.99. The third kappa shape index (κ3) is 1.96. The van der Waals surface area contributed by atoms with E-state index in [1.54, 1.807) is 0 Å². The van der Waals surface area contributed by atoms with Gasteiger partial charge in [-0.2, -0.15) is 0 Å². The number of Topliss-reactive ketones (excluding diaryl/α,β-unsaturated/α-hetero) is 1. The molecule has 2 nitrogen and oxygen atoms in total. The van der Waals surface area contributed by atoms with Crippen LogP contribution in [0.25, 0.3) is 0 Å². The van der Waals surface area contributed by atoms with Crippen molar-refractivity contribution in [2.75, 3.05) is 19.1 Å². The SMILES string of the molecule is O=C(CCl)C1CCCOC1. The summed E-state index contributed by atoms with van der Waals surface area (Å²) in [5.74, 6) is 0.334. The number of carbonyl (C=O) groups is 1. The molecule has 1 aliphatic heterocycles. The molecule has 1 atom stereocenters. The van der Waals surface area contributed by atoms with Crippen LogP contribution in [0.2, 0.25) is 0 Å². The standard InChI is InChI=1S/C7H11ClO2/c8-4-7(9)6-2-1-3-10-5-6/h6H,1-5H2. The minimum Gasteiger partial charge on any atom is -0.381 e. The Morgan fingerprint density at radius 1 is 1.70 bits per heavy atom. The average molecular weight is 163 g/mol. The van der Waals surface area contributed by atoms with E-state index in [-0.39, 0.29) is 17.6 Å². The van der Waals surface area contributed by atoms with E-state index in [1.807, 2.05) is 0 Å². The fourth-order valence-corrected chi connectivity index (χ4v) is 1.32. The third-order valence-electron chi connectivity index (χ3n) is 1.75. The van der Waals surface area contributed by atoms with Gasteiger partial charge in [0.25, 0.3) is 0 Å². The van der Waals surface area contributed by atoms with Crippen molar-refractivity contribution in [2.24, 2.45) is 5.92 Å². The molecular formula is C7H11ClO2. The van der Waals surface area contributed by atoms with E-state index in [4.69, 9.17) is 16.3 Å². The van der Waals surface area contributed by atoms with Crippen molar-refractivity contribution in [3.63, 3.8) is 0 Å². The van der Waals surface area contributed by atoms with Crippen LogP contribution in [-0.4, -0.2) is 24.9 Å². The highest BCUT2D eigenvalue weighted by atomic mass is 35.5. The Hall–Kier alpha value is -0.0800. The quantitative estimate of drug-likeness (QED) is 0.571. The summed E-state index contributed by atoms with van der Waals surface area (Å²) in [6.45, 7) is 1.37. The first-order valence-electron chi connectivity index (χ1n) is 3.51. The summed E-state index contributed by atoms with van der Waals surface area (Å²) >= 11 is 5.38. The van der Waals surface area contributed by atoms with Gasteiger partial charge in [-0.1, -0.05) is 0 Å².